The van der Waals surface area contributed by atoms with E-state index in [-0.39, 0.29) is 17.9 Å². The highest BCUT2D eigenvalue weighted by Crippen LogP contribution is 2.27. The number of hydrogen-bond acceptors (Lipinski definition) is 6. The van der Waals surface area contributed by atoms with Crippen LogP contribution in [0.3, 0.4) is 0 Å². The van der Waals surface area contributed by atoms with Crippen molar-refractivity contribution in [3.05, 3.63) is 29.3 Å². The van der Waals surface area contributed by atoms with Crippen molar-refractivity contribution in [2.45, 2.75) is 39.2 Å². The predicted octanol–water partition coefficient (Wildman–Crippen LogP) is 0.620. The number of carbonyl (C=O) groups is 3. The number of carboxylic acid groups (broad SMARTS) is 2. The van der Waals surface area contributed by atoms with Gasteiger partial charge in [0.2, 0.25) is 5.91 Å². The molecular formula is C20H30N2O7. The zero-order valence-electron chi connectivity index (χ0n) is 17.3. The monoisotopic (exact) mass is 410 g/mol. The Morgan fingerprint density at radius 1 is 1.24 bits per heavy atom. The van der Waals surface area contributed by atoms with Gasteiger partial charge in [-0.05, 0) is 29.5 Å². The maximum atomic E-state index is 11.3. The maximum Gasteiger partial charge on any atom is 0.414 e. The number of aliphatic carboxylic acids is 2. The third-order valence-electron chi connectivity index (χ3n) is 4.24. The SMILES string of the molecule is Cc1cc(C(C)(C)C)ccc1OCC(O)CN1CCNC(=O)C1.O=C(O)C(=O)O. The lowest BCUT2D eigenvalue weighted by Crippen LogP contribution is -2.50. The largest absolute Gasteiger partial charge is 0.491 e. The number of carboxylic acids is 2. The van der Waals surface area contributed by atoms with E-state index in [0.29, 0.717) is 19.6 Å². The van der Waals surface area contributed by atoms with Gasteiger partial charge in [-0.3, -0.25) is 9.69 Å². The van der Waals surface area contributed by atoms with Gasteiger partial charge in [0.1, 0.15) is 18.5 Å². The van der Waals surface area contributed by atoms with Crippen molar-refractivity contribution in [2.75, 3.05) is 32.8 Å². The summed E-state index contributed by atoms with van der Waals surface area (Å²) in [6.07, 6.45) is -0.609. The number of aliphatic hydroxyl groups is 1. The van der Waals surface area contributed by atoms with Gasteiger partial charge in [-0.25, -0.2) is 9.59 Å². The molecule has 1 unspecified atom stereocenters. The number of ether oxygens (including phenoxy) is 1. The van der Waals surface area contributed by atoms with Crippen molar-refractivity contribution in [3.8, 4) is 5.75 Å². The lowest BCUT2D eigenvalue weighted by molar-refractivity contribution is -0.159. The highest BCUT2D eigenvalue weighted by molar-refractivity contribution is 6.27. The molecule has 0 aromatic heterocycles. The van der Waals surface area contributed by atoms with Gasteiger partial charge in [-0.2, -0.15) is 0 Å². The number of β-amino-alcohol motifs (C(OH)–C–C–N with tert-alkyl or cyclic N) is 1. The number of aryl methyl sites for hydroxylation is 1. The summed E-state index contributed by atoms with van der Waals surface area (Å²) in [5, 5.41) is 27.7. The lowest BCUT2D eigenvalue weighted by atomic mass is 9.86. The minimum Gasteiger partial charge on any atom is -0.491 e. The zero-order valence-corrected chi connectivity index (χ0v) is 17.3. The van der Waals surface area contributed by atoms with E-state index in [2.05, 4.69) is 38.2 Å². The summed E-state index contributed by atoms with van der Waals surface area (Å²) in [6, 6.07) is 6.18. The van der Waals surface area contributed by atoms with Crippen LogP contribution in [-0.4, -0.2) is 77.0 Å². The Morgan fingerprint density at radius 2 is 1.86 bits per heavy atom. The molecule has 0 aliphatic carbocycles. The molecule has 2 rings (SSSR count). The van der Waals surface area contributed by atoms with E-state index in [1.807, 2.05) is 17.9 Å². The topological polar surface area (TPSA) is 136 Å². The van der Waals surface area contributed by atoms with Crippen LogP contribution in [0.5, 0.6) is 5.75 Å². The Bertz CT molecular complexity index is 716. The fourth-order valence-electron chi connectivity index (χ4n) is 2.66. The van der Waals surface area contributed by atoms with Crippen molar-refractivity contribution < 1.29 is 34.4 Å². The first-order chi connectivity index (χ1) is 13.4. The van der Waals surface area contributed by atoms with Crippen molar-refractivity contribution in [3.63, 3.8) is 0 Å². The predicted molar refractivity (Wildman–Crippen MR) is 106 cm³/mol. The number of nitrogens with one attached hydrogen (secondary N) is 1. The molecule has 9 nitrogen and oxygen atoms in total. The number of carbonyl (C=O) groups excluding carboxylic acids is 1. The van der Waals surface area contributed by atoms with Crippen LogP contribution in [-0.2, 0) is 19.8 Å². The number of aliphatic hydroxyl groups excluding tert-OH is 1. The highest BCUT2D eigenvalue weighted by atomic mass is 16.5. The molecule has 1 aliphatic heterocycles. The molecule has 4 N–H and O–H groups in total. The average molecular weight is 410 g/mol. The van der Waals surface area contributed by atoms with Gasteiger partial charge in [0, 0.05) is 19.6 Å². The molecule has 9 heteroatoms. The summed E-state index contributed by atoms with van der Waals surface area (Å²) in [5.74, 6) is -2.84. The molecule has 162 valence electrons. The second-order valence-corrected chi connectivity index (χ2v) is 7.89. The van der Waals surface area contributed by atoms with Gasteiger partial charge in [-0.15, -0.1) is 0 Å². The minimum atomic E-state index is -1.82. The van der Waals surface area contributed by atoms with E-state index in [1.54, 1.807) is 0 Å². The summed E-state index contributed by atoms with van der Waals surface area (Å²) in [7, 11) is 0. The first-order valence-corrected chi connectivity index (χ1v) is 9.27. The molecule has 1 amide bonds. The highest BCUT2D eigenvalue weighted by Gasteiger charge is 2.20. The molecule has 1 fully saturated rings. The third-order valence-corrected chi connectivity index (χ3v) is 4.24. The van der Waals surface area contributed by atoms with Crippen LogP contribution in [0, 0.1) is 6.92 Å². The van der Waals surface area contributed by atoms with Gasteiger partial charge < -0.3 is 25.4 Å². The van der Waals surface area contributed by atoms with E-state index in [0.717, 1.165) is 17.9 Å². The fourth-order valence-corrected chi connectivity index (χ4v) is 2.66. The van der Waals surface area contributed by atoms with Crippen LogP contribution < -0.4 is 10.1 Å². The second kappa shape index (κ2) is 10.8. The number of rotatable bonds is 5. The second-order valence-electron chi connectivity index (χ2n) is 7.89. The van der Waals surface area contributed by atoms with Crippen molar-refractivity contribution >= 4 is 17.8 Å². The van der Waals surface area contributed by atoms with Crippen LogP contribution in [0.1, 0.15) is 31.9 Å². The fraction of sp³-hybridized carbons (Fsp3) is 0.550. The van der Waals surface area contributed by atoms with Gasteiger partial charge >= 0.3 is 11.9 Å². The van der Waals surface area contributed by atoms with Crippen molar-refractivity contribution in [2.24, 2.45) is 0 Å². The minimum absolute atomic E-state index is 0.0120. The van der Waals surface area contributed by atoms with Gasteiger partial charge in [0.25, 0.3) is 0 Å². The molecule has 0 radical (unpaired) electrons. The van der Waals surface area contributed by atoms with E-state index in [4.69, 9.17) is 24.5 Å². The standard InChI is InChI=1S/C18H28N2O3.C2H2O4/c1-13-9-14(18(2,3)4)5-6-16(13)23-12-15(21)10-20-8-7-19-17(22)11-20;3-1(4)2(5)6/h5-6,9,15,21H,7-8,10-12H2,1-4H3,(H,19,22);(H,3,4)(H,5,6). The van der Waals surface area contributed by atoms with Crippen molar-refractivity contribution in [1.82, 2.24) is 10.2 Å². The number of piperazine rings is 1. The maximum absolute atomic E-state index is 11.3. The number of hydrogen-bond donors (Lipinski definition) is 4. The van der Waals surface area contributed by atoms with E-state index < -0.39 is 18.0 Å². The Hall–Kier alpha value is -2.65. The molecule has 0 saturated carbocycles. The number of benzene rings is 1. The molecule has 1 aliphatic rings. The molecule has 1 saturated heterocycles. The Balaban J connectivity index is 0.000000612. The molecule has 29 heavy (non-hydrogen) atoms. The normalized spacial score (nSPS) is 15.6. The molecular weight excluding hydrogens is 380 g/mol. The van der Waals surface area contributed by atoms with E-state index in [9.17, 15) is 9.90 Å². The number of nitrogens with zero attached hydrogens (tertiary/aromatic N) is 1. The molecule has 1 heterocycles. The Morgan fingerprint density at radius 3 is 2.34 bits per heavy atom. The smallest absolute Gasteiger partial charge is 0.414 e. The summed E-state index contributed by atoms with van der Waals surface area (Å²) < 4.78 is 5.76. The summed E-state index contributed by atoms with van der Waals surface area (Å²) in [6.45, 7) is 11.0. The van der Waals surface area contributed by atoms with Crippen LogP contribution in [0.15, 0.2) is 18.2 Å². The van der Waals surface area contributed by atoms with Crippen molar-refractivity contribution in [1.29, 1.82) is 0 Å². The molecule has 1 atom stereocenters. The van der Waals surface area contributed by atoms with Crippen LogP contribution in [0.2, 0.25) is 0 Å². The van der Waals surface area contributed by atoms with Crippen LogP contribution in [0.25, 0.3) is 0 Å². The molecule has 1 aromatic rings. The van der Waals surface area contributed by atoms with Gasteiger partial charge in [0.15, 0.2) is 0 Å². The molecule has 0 spiro atoms. The Kier molecular flexibility index (Phi) is 9.06. The average Bonchev–Trinajstić information content (AvgIpc) is 2.60. The van der Waals surface area contributed by atoms with Gasteiger partial charge in [0.05, 0.1) is 6.54 Å². The summed E-state index contributed by atoms with van der Waals surface area (Å²) >= 11 is 0. The van der Waals surface area contributed by atoms with Gasteiger partial charge in [-0.1, -0.05) is 32.9 Å². The quantitative estimate of drug-likeness (QED) is 0.519. The molecule has 0 bridgehead atoms. The summed E-state index contributed by atoms with van der Waals surface area (Å²) in [5.41, 5.74) is 2.45. The van der Waals surface area contributed by atoms with Crippen LogP contribution >= 0.6 is 0 Å². The molecule has 1 aromatic carbocycles. The van der Waals surface area contributed by atoms with E-state index in [1.165, 1.54) is 5.56 Å². The first-order valence-electron chi connectivity index (χ1n) is 9.27. The summed E-state index contributed by atoms with van der Waals surface area (Å²) in [4.78, 5) is 31.5. The first kappa shape index (κ1) is 24.4. The third kappa shape index (κ3) is 8.93. The number of amides is 1. The lowest BCUT2D eigenvalue weighted by Gasteiger charge is -2.28. The van der Waals surface area contributed by atoms with Crippen LogP contribution in [0.4, 0.5) is 0 Å². The Labute approximate surface area is 170 Å². The zero-order chi connectivity index (χ0) is 22.2. The van der Waals surface area contributed by atoms with E-state index >= 15 is 0 Å².